The van der Waals surface area contributed by atoms with Crippen LogP contribution in [0.25, 0.3) is 0 Å². The Morgan fingerprint density at radius 2 is 1.43 bits per heavy atom. The summed E-state index contributed by atoms with van der Waals surface area (Å²) in [6.45, 7) is -0.452. The van der Waals surface area contributed by atoms with Gasteiger partial charge >= 0.3 is 0 Å². The minimum absolute atomic E-state index is 0.0894. The first-order valence-corrected chi connectivity index (χ1v) is 9.27. The molecule has 3 aromatic rings. The first-order chi connectivity index (χ1) is 14.2. The van der Waals surface area contributed by atoms with Crippen LogP contribution < -0.4 is 0 Å². The van der Waals surface area contributed by atoms with Crippen LogP contribution in [0.1, 0.15) is 16.7 Å². The Bertz CT molecular complexity index is 1110. The van der Waals surface area contributed by atoms with Gasteiger partial charge < -0.3 is 9.84 Å². The molecule has 0 radical (unpaired) electrons. The number of rotatable bonds is 7. The van der Waals surface area contributed by atoms with Crippen LogP contribution in [0.2, 0.25) is 10.0 Å². The molecule has 1 N–H and O–H groups in total. The van der Waals surface area contributed by atoms with Crippen molar-refractivity contribution in [1.82, 2.24) is 0 Å². The summed E-state index contributed by atoms with van der Waals surface area (Å²) in [5.74, 6) is -2.31. The number of nitrogens with zero attached hydrogens (tertiary/aromatic N) is 2. The number of nitro benzene ring substituents is 2. The second-order valence-corrected chi connectivity index (χ2v) is 7.12. The van der Waals surface area contributed by atoms with E-state index in [0.717, 1.165) is 6.07 Å². The minimum atomic E-state index is -2.31. The molecule has 0 saturated heterocycles. The number of ether oxygens (including phenoxy) is 1. The third-order valence-electron chi connectivity index (χ3n) is 4.36. The van der Waals surface area contributed by atoms with Gasteiger partial charge in [0.05, 0.1) is 27.6 Å². The van der Waals surface area contributed by atoms with Crippen LogP contribution in [-0.2, 0) is 17.1 Å². The molecule has 154 valence electrons. The van der Waals surface area contributed by atoms with Crippen molar-refractivity contribution in [2.24, 2.45) is 0 Å². The summed E-state index contributed by atoms with van der Waals surface area (Å²) in [4.78, 5) is 21.6. The molecular formula is C20H14Cl2N2O6. The van der Waals surface area contributed by atoms with Crippen molar-refractivity contribution in [3.05, 3.63) is 114 Å². The zero-order chi connectivity index (χ0) is 21.9. The molecule has 0 saturated carbocycles. The van der Waals surface area contributed by atoms with Gasteiger partial charge in [-0.3, -0.25) is 20.2 Å². The lowest BCUT2D eigenvalue weighted by Gasteiger charge is -2.29. The lowest BCUT2D eigenvalue weighted by molar-refractivity contribution is -0.388. The summed E-state index contributed by atoms with van der Waals surface area (Å²) in [5, 5.41) is 34.7. The van der Waals surface area contributed by atoms with Gasteiger partial charge in [0.15, 0.2) is 0 Å². The molecule has 0 aromatic heterocycles. The zero-order valence-corrected chi connectivity index (χ0v) is 16.7. The van der Waals surface area contributed by atoms with E-state index in [2.05, 4.69) is 0 Å². The highest BCUT2D eigenvalue weighted by atomic mass is 35.5. The summed E-state index contributed by atoms with van der Waals surface area (Å²) in [6, 6.07) is 15.5. The largest absolute Gasteiger partial charge is 0.358 e. The molecule has 0 bridgehead atoms. The van der Waals surface area contributed by atoms with Crippen molar-refractivity contribution in [2.45, 2.75) is 12.4 Å². The van der Waals surface area contributed by atoms with E-state index in [1.807, 2.05) is 0 Å². The second kappa shape index (κ2) is 8.76. The number of hydrogen-bond acceptors (Lipinski definition) is 6. The van der Waals surface area contributed by atoms with Crippen LogP contribution in [-0.4, -0.2) is 15.0 Å². The van der Waals surface area contributed by atoms with Gasteiger partial charge in [-0.05, 0) is 24.3 Å². The second-order valence-electron chi connectivity index (χ2n) is 6.25. The fraction of sp³-hybridized carbons (Fsp3) is 0.100. The molecule has 0 aliphatic heterocycles. The molecule has 1 atom stereocenters. The lowest BCUT2D eigenvalue weighted by Crippen LogP contribution is -2.32. The van der Waals surface area contributed by atoms with E-state index in [4.69, 9.17) is 27.9 Å². The first kappa shape index (κ1) is 21.7. The van der Waals surface area contributed by atoms with Crippen molar-refractivity contribution >= 4 is 34.6 Å². The minimum Gasteiger partial charge on any atom is -0.358 e. The van der Waals surface area contributed by atoms with Crippen LogP contribution >= 0.6 is 23.2 Å². The van der Waals surface area contributed by atoms with Crippen LogP contribution in [0.15, 0.2) is 66.7 Å². The molecule has 3 aromatic carbocycles. The van der Waals surface area contributed by atoms with Crippen LogP contribution in [0.5, 0.6) is 0 Å². The van der Waals surface area contributed by atoms with Crippen molar-refractivity contribution in [3.63, 3.8) is 0 Å². The van der Waals surface area contributed by atoms with Crippen molar-refractivity contribution < 1.29 is 19.7 Å². The van der Waals surface area contributed by atoms with Gasteiger partial charge in [-0.25, -0.2) is 0 Å². The third kappa shape index (κ3) is 4.42. The maximum absolute atomic E-state index is 11.6. The molecule has 0 aliphatic rings. The highest BCUT2D eigenvalue weighted by molar-refractivity contribution is 6.31. The fourth-order valence-corrected chi connectivity index (χ4v) is 3.32. The Morgan fingerprint density at radius 1 is 0.867 bits per heavy atom. The van der Waals surface area contributed by atoms with Crippen LogP contribution in [0, 0.1) is 20.2 Å². The summed E-state index contributed by atoms with van der Waals surface area (Å²) >= 11 is 12.0. The number of halogens is 2. The van der Waals surface area contributed by atoms with Crippen molar-refractivity contribution in [1.29, 1.82) is 0 Å². The van der Waals surface area contributed by atoms with E-state index in [9.17, 15) is 25.3 Å². The highest BCUT2D eigenvalue weighted by Crippen LogP contribution is 2.39. The molecule has 3 rings (SSSR count). The molecule has 10 heteroatoms. The van der Waals surface area contributed by atoms with E-state index < -0.39 is 27.9 Å². The van der Waals surface area contributed by atoms with Gasteiger partial charge in [0.2, 0.25) is 5.79 Å². The van der Waals surface area contributed by atoms with Gasteiger partial charge in [-0.1, -0.05) is 53.5 Å². The lowest BCUT2D eigenvalue weighted by atomic mass is 9.95. The maximum atomic E-state index is 11.6. The number of benzene rings is 3. The predicted octanol–water partition coefficient (Wildman–Crippen LogP) is 5.22. The predicted molar refractivity (Wildman–Crippen MR) is 110 cm³/mol. The number of hydrogen-bond donors (Lipinski definition) is 1. The Hall–Kier alpha value is -3.04. The van der Waals surface area contributed by atoms with Crippen molar-refractivity contribution in [2.75, 3.05) is 0 Å². The molecule has 0 amide bonds. The molecule has 0 aliphatic carbocycles. The quantitative estimate of drug-likeness (QED) is 0.300. The monoisotopic (exact) mass is 448 g/mol. The average molecular weight is 449 g/mol. The topological polar surface area (TPSA) is 116 Å². The SMILES string of the molecule is O=[N+]([O-])c1ccc(Cl)cc1COC(O)(c1ccccc1)c1cc(Cl)ccc1[N+](=O)[O-]. The normalized spacial score (nSPS) is 12.9. The fourth-order valence-electron chi connectivity index (χ4n) is 2.95. The molecule has 30 heavy (non-hydrogen) atoms. The van der Waals surface area contributed by atoms with Gasteiger partial charge in [-0.15, -0.1) is 0 Å². The summed E-state index contributed by atoms with van der Waals surface area (Å²) in [6.07, 6.45) is 0. The summed E-state index contributed by atoms with van der Waals surface area (Å²) < 4.78 is 5.71. The summed E-state index contributed by atoms with van der Waals surface area (Å²) in [5.41, 5.74) is -0.635. The Kier molecular flexibility index (Phi) is 6.33. The van der Waals surface area contributed by atoms with Gasteiger partial charge in [-0.2, -0.15) is 0 Å². The molecule has 0 fully saturated rings. The number of nitro groups is 2. The van der Waals surface area contributed by atoms with E-state index >= 15 is 0 Å². The Morgan fingerprint density at radius 3 is 2.03 bits per heavy atom. The highest BCUT2D eigenvalue weighted by Gasteiger charge is 2.39. The average Bonchev–Trinajstić information content (AvgIpc) is 2.72. The third-order valence-corrected chi connectivity index (χ3v) is 4.83. The van der Waals surface area contributed by atoms with E-state index in [-0.39, 0.29) is 32.4 Å². The molecule has 8 nitrogen and oxygen atoms in total. The zero-order valence-electron chi connectivity index (χ0n) is 15.2. The van der Waals surface area contributed by atoms with Crippen molar-refractivity contribution in [3.8, 4) is 0 Å². The standard InChI is InChI=1S/C20H14Cl2N2O6/c21-15-6-8-18(23(26)27)13(10-15)12-30-20(25,14-4-2-1-3-5-14)17-11-16(22)7-9-19(17)24(28)29/h1-11,25H,12H2. The van der Waals surface area contributed by atoms with Crippen LogP contribution in [0.4, 0.5) is 11.4 Å². The van der Waals surface area contributed by atoms with E-state index in [0.29, 0.717) is 0 Å². The summed E-state index contributed by atoms with van der Waals surface area (Å²) in [7, 11) is 0. The molecular weight excluding hydrogens is 435 g/mol. The van der Waals surface area contributed by atoms with Gasteiger partial charge in [0.1, 0.15) is 0 Å². The van der Waals surface area contributed by atoms with Crippen LogP contribution in [0.3, 0.4) is 0 Å². The van der Waals surface area contributed by atoms with E-state index in [1.54, 1.807) is 18.2 Å². The number of aliphatic hydroxyl groups is 1. The molecule has 0 spiro atoms. The van der Waals surface area contributed by atoms with Gasteiger partial charge in [0.25, 0.3) is 11.4 Å². The van der Waals surface area contributed by atoms with Gasteiger partial charge in [0, 0.05) is 27.7 Å². The molecule has 1 unspecified atom stereocenters. The van der Waals surface area contributed by atoms with E-state index in [1.165, 1.54) is 42.5 Å². The Labute approximate surface area is 180 Å². The first-order valence-electron chi connectivity index (χ1n) is 8.51. The smallest absolute Gasteiger partial charge is 0.278 e. The Balaban J connectivity index is 2.13. The maximum Gasteiger partial charge on any atom is 0.278 e. The molecule has 0 heterocycles.